The topological polar surface area (TPSA) is 111 Å². The molecule has 10 heteroatoms. The predicted octanol–water partition coefficient (Wildman–Crippen LogP) is 1.91. The molecule has 172 valence electrons. The lowest BCUT2D eigenvalue weighted by Gasteiger charge is -2.62. The van der Waals surface area contributed by atoms with Crippen LogP contribution in [0.15, 0.2) is 29.2 Å². The number of halogens is 1. The minimum atomic E-state index is -3.78. The number of nitriles is 1. The Morgan fingerprint density at radius 1 is 1.19 bits per heavy atom. The Morgan fingerprint density at radius 3 is 2.47 bits per heavy atom. The molecule has 7 nitrogen and oxygen atoms in total. The molecule has 4 aliphatic carbocycles. The summed E-state index contributed by atoms with van der Waals surface area (Å²) in [5.41, 5.74) is -0.803. The lowest BCUT2D eigenvalue weighted by molar-refractivity contribution is -0.119. The van der Waals surface area contributed by atoms with Crippen molar-refractivity contribution in [2.75, 3.05) is 12.3 Å². The second-order valence-electron chi connectivity index (χ2n) is 9.96. The lowest BCUT2D eigenvalue weighted by atomic mass is 9.50. The first-order chi connectivity index (χ1) is 15.2. The second kappa shape index (κ2) is 8.06. The maximum absolute atomic E-state index is 13.3. The number of carbonyl (C=O) groups excluding carboxylic acids is 1. The Hall–Kier alpha value is -1.51. The van der Waals surface area contributed by atoms with Crippen LogP contribution in [-0.2, 0) is 14.8 Å². The molecule has 5 aliphatic rings. The summed E-state index contributed by atoms with van der Waals surface area (Å²) in [5, 5.41) is 15.2. The Balaban J connectivity index is 1.30. The average Bonchev–Trinajstić information content (AvgIpc) is 3.20. The molecule has 1 aromatic rings. The van der Waals surface area contributed by atoms with Gasteiger partial charge in [0.15, 0.2) is 5.78 Å². The van der Waals surface area contributed by atoms with Crippen molar-refractivity contribution in [3.05, 3.63) is 30.1 Å². The van der Waals surface area contributed by atoms with E-state index in [9.17, 15) is 17.6 Å². The first kappa shape index (κ1) is 22.3. The molecule has 0 spiro atoms. The van der Waals surface area contributed by atoms with Gasteiger partial charge in [0.1, 0.15) is 17.2 Å². The average molecular weight is 479 g/mol. The number of thioether (sulfide) groups is 1. The SMILES string of the molecule is N#CC1CSC(C(=O)CNC23CC4CC(C2)CC(NS(=O)(=O)c2ccc(F)cc2)(C4)C3)N1. The molecule has 4 bridgehead atoms. The maximum atomic E-state index is 13.3. The zero-order valence-electron chi connectivity index (χ0n) is 17.6. The fourth-order valence-electron chi connectivity index (χ4n) is 6.65. The molecule has 4 saturated carbocycles. The molecule has 4 atom stereocenters. The number of sulfonamides is 1. The Kier molecular flexibility index (Phi) is 5.62. The van der Waals surface area contributed by atoms with Crippen molar-refractivity contribution in [2.24, 2.45) is 11.8 Å². The molecule has 5 fully saturated rings. The summed E-state index contributed by atoms with van der Waals surface area (Å²) in [5.74, 6) is 0.997. The number of carbonyl (C=O) groups is 1. The highest BCUT2D eigenvalue weighted by molar-refractivity contribution is 8.00. The molecule has 1 aromatic carbocycles. The molecule has 1 heterocycles. The van der Waals surface area contributed by atoms with Crippen LogP contribution in [0.5, 0.6) is 0 Å². The standard InChI is InChI=1S/C22H27FN4O3S2/c23-16-1-3-18(4-2-16)32(29,30)27-22-8-14-5-15(9-22)7-21(6-14,13-22)25-11-19(28)20-26-17(10-24)12-31-20/h1-4,14-15,17,20,25-27H,5-9,11-13H2. The van der Waals surface area contributed by atoms with Gasteiger partial charge in [-0.25, -0.2) is 17.5 Å². The minimum absolute atomic E-state index is 0.0319. The van der Waals surface area contributed by atoms with Crippen LogP contribution in [0.1, 0.15) is 38.5 Å². The number of Topliss-reactive ketones (excluding diaryl/α,β-unsaturated/α-hetero) is 1. The van der Waals surface area contributed by atoms with Crippen molar-refractivity contribution >= 4 is 27.6 Å². The molecule has 1 saturated heterocycles. The van der Waals surface area contributed by atoms with Gasteiger partial charge in [0.05, 0.1) is 17.5 Å². The largest absolute Gasteiger partial charge is 0.304 e. The summed E-state index contributed by atoms with van der Waals surface area (Å²) < 4.78 is 42.4. The summed E-state index contributed by atoms with van der Waals surface area (Å²) in [7, 11) is -3.78. The Bertz CT molecular complexity index is 1040. The van der Waals surface area contributed by atoms with E-state index >= 15 is 0 Å². The molecule has 4 unspecified atom stereocenters. The third kappa shape index (κ3) is 4.21. The predicted molar refractivity (Wildman–Crippen MR) is 119 cm³/mol. The number of nitrogens with zero attached hydrogens (tertiary/aromatic N) is 1. The van der Waals surface area contributed by atoms with E-state index < -0.39 is 21.4 Å². The molecule has 6 rings (SSSR count). The normalized spacial score (nSPS) is 38.0. The van der Waals surface area contributed by atoms with Gasteiger partial charge >= 0.3 is 0 Å². The van der Waals surface area contributed by atoms with E-state index in [0.717, 1.165) is 44.2 Å². The van der Waals surface area contributed by atoms with Crippen LogP contribution in [0.25, 0.3) is 0 Å². The van der Waals surface area contributed by atoms with Crippen molar-refractivity contribution in [1.29, 1.82) is 5.26 Å². The van der Waals surface area contributed by atoms with Crippen molar-refractivity contribution in [1.82, 2.24) is 15.4 Å². The van der Waals surface area contributed by atoms with Crippen LogP contribution in [0, 0.1) is 29.0 Å². The van der Waals surface area contributed by atoms with Crippen LogP contribution >= 0.6 is 11.8 Å². The van der Waals surface area contributed by atoms with Gasteiger partial charge in [0, 0.05) is 16.8 Å². The highest BCUT2D eigenvalue weighted by Gasteiger charge is 2.58. The quantitative estimate of drug-likeness (QED) is 0.549. The van der Waals surface area contributed by atoms with Gasteiger partial charge in [-0.1, -0.05) is 0 Å². The lowest BCUT2D eigenvalue weighted by Crippen LogP contribution is -2.69. The molecule has 0 amide bonds. The van der Waals surface area contributed by atoms with Gasteiger partial charge in [-0.2, -0.15) is 5.26 Å². The van der Waals surface area contributed by atoms with E-state index in [1.807, 2.05) is 0 Å². The first-order valence-corrected chi connectivity index (χ1v) is 13.6. The van der Waals surface area contributed by atoms with E-state index in [2.05, 4.69) is 21.4 Å². The minimum Gasteiger partial charge on any atom is -0.304 e. The zero-order valence-corrected chi connectivity index (χ0v) is 19.3. The number of ketones is 1. The molecule has 0 aromatic heterocycles. The highest BCUT2D eigenvalue weighted by Crippen LogP contribution is 2.57. The van der Waals surface area contributed by atoms with Crippen LogP contribution in [0.4, 0.5) is 4.39 Å². The van der Waals surface area contributed by atoms with Gasteiger partial charge in [-0.05, 0) is 74.6 Å². The van der Waals surface area contributed by atoms with Crippen molar-refractivity contribution < 1.29 is 17.6 Å². The number of hydrogen-bond donors (Lipinski definition) is 3. The summed E-state index contributed by atoms with van der Waals surface area (Å²) in [6, 6.07) is 6.78. The second-order valence-corrected chi connectivity index (χ2v) is 12.8. The van der Waals surface area contributed by atoms with Crippen molar-refractivity contribution in [3.8, 4) is 6.07 Å². The highest BCUT2D eigenvalue weighted by atomic mass is 32.2. The van der Waals surface area contributed by atoms with E-state index in [1.54, 1.807) is 0 Å². The van der Waals surface area contributed by atoms with Crippen LogP contribution in [-0.4, -0.2) is 49.0 Å². The number of benzene rings is 1. The van der Waals surface area contributed by atoms with Gasteiger partial charge in [0.25, 0.3) is 0 Å². The first-order valence-electron chi connectivity index (χ1n) is 11.0. The third-order valence-electron chi connectivity index (χ3n) is 7.40. The van der Waals surface area contributed by atoms with Gasteiger partial charge in [-0.15, -0.1) is 11.8 Å². The third-order valence-corrected chi connectivity index (χ3v) is 10.3. The fraction of sp³-hybridized carbons (Fsp3) is 0.636. The monoisotopic (exact) mass is 478 g/mol. The van der Waals surface area contributed by atoms with Gasteiger partial charge in [0.2, 0.25) is 10.0 Å². The molecule has 0 radical (unpaired) electrons. The molecule has 3 N–H and O–H groups in total. The van der Waals surface area contributed by atoms with Crippen LogP contribution < -0.4 is 15.4 Å². The van der Waals surface area contributed by atoms with E-state index in [0.29, 0.717) is 24.0 Å². The molecular weight excluding hydrogens is 451 g/mol. The van der Waals surface area contributed by atoms with Crippen LogP contribution in [0.3, 0.4) is 0 Å². The van der Waals surface area contributed by atoms with Crippen molar-refractivity contribution in [3.63, 3.8) is 0 Å². The van der Waals surface area contributed by atoms with E-state index in [-0.39, 0.29) is 34.2 Å². The molecule has 32 heavy (non-hydrogen) atoms. The number of hydrogen-bond acceptors (Lipinski definition) is 7. The number of rotatable bonds is 7. The summed E-state index contributed by atoms with van der Waals surface area (Å²) in [6.07, 6.45) is 5.23. The van der Waals surface area contributed by atoms with Crippen molar-refractivity contribution in [2.45, 2.75) is 65.9 Å². The Labute approximate surface area is 192 Å². The maximum Gasteiger partial charge on any atom is 0.241 e. The van der Waals surface area contributed by atoms with E-state index in [1.165, 1.54) is 23.9 Å². The summed E-state index contributed by atoms with van der Waals surface area (Å²) in [6.45, 7) is 0.211. The van der Waals surface area contributed by atoms with Gasteiger partial charge in [-0.3, -0.25) is 10.1 Å². The molecule has 1 aliphatic heterocycles. The van der Waals surface area contributed by atoms with E-state index in [4.69, 9.17) is 5.26 Å². The zero-order chi connectivity index (χ0) is 22.6. The summed E-state index contributed by atoms with van der Waals surface area (Å²) >= 11 is 1.46. The molecular formula is C22H27FN4O3S2. The Morgan fingerprint density at radius 2 is 1.84 bits per heavy atom. The van der Waals surface area contributed by atoms with Crippen LogP contribution in [0.2, 0.25) is 0 Å². The fourth-order valence-corrected chi connectivity index (χ4v) is 9.15. The van der Waals surface area contributed by atoms with Gasteiger partial charge < -0.3 is 5.32 Å². The number of nitrogens with one attached hydrogen (secondary N) is 3. The summed E-state index contributed by atoms with van der Waals surface area (Å²) in [4.78, 5) is 12.8. The smallest absolute Gasteiger partial charge is 0.241 e.